The van der Waals surface area contributed by atoms with Crippen LogP contribution in [0.25, 0.3) is 6.08 Å². The van der Waals surface area contributed by atoms with Gasteiger partial charge in [0.05, 0.1) is 17.7 Å². The van der Waals surface area contributed by atoms with Gasteiger partial charge < -0.3 is 19.7 Å². The molecule has 8 heteroatoms. The summed E-state index contributed by atoms with van der Waals surface area (Å²) < 4.78 is 11.7. The summed E-state index contributed by atoms with van der Waals surface area (Å²) in [6, 6.07) is 39.3. The summed E-state index contributed by atoms with van der Waals surface area (Å²) in [6.07, 6.45) is 3.96. The van der Waals surface area contributed by atoms with Crippen LogP contribution in [0, 0.1) is 0 Å². The number of halogens is 1. The number of nitrogens with one attached hydrogen (secondary N) is 1. The third-order valence-corrected chi connectivity index (χ3v) is 11.0. The van der Waals surface area contributed by atoms with Gasteiger partial charge in [0.2, 0.25) is 0 Å². The van der Waals surface area contributed by atoms with Gasteiger partial charge in [-0.15, -0.1) is 0 Å². The van der Waals surface area contributed by atoms with Gasteiger partial charge in [-0.3, -0.25) is 4.79 Å². The van der Waals surface area contributed by atoms with Crippen LogP contribution in [0.15, 0.2) is 125 Å². The Kier molecular flexibility index (Phi) is 9.09. The summed E-state index contributed by atoms with van der Waals surface area (Å²) in [7, 11) is 1.60. The number of methoxy groups -OCH3 is 1. The molecule has 8 rings (SSSR count). The number of amidine groups is 1. The van der Waals surface area contributed by atoms with Crippen LogP contribution in [-0.4, -0.2) is 31.3 Å². The molecular weight excluding hydrogens is 662 g/mol. The highest BCUT2D eigenvalue weighted by atomic mass is 35.5. The zero-order valence-electron chi connectivity index (χ0n) is 27.6. The number of carbonyl (C=O) groups is 1. The topological polar surface area (TPSA) is 63.2 Å². The Morgan fingerprint density at radius 1 is 0.840 bits per heavy atom. The predicted molar refractivity (Wildman–Crippen MR) is 204 cm³/mol. The summed E-state index contributed by atoms with van der Waals surface area (Å²) >= 11 is 7.66. The molecule has 0 spiro atoms. The molecule has 3 heterocycles. The molecule has 0 saturated carbocycles. The summed E-state index contributed by atoms with van der Waals surface area (Å²) in [5.41, 5.74) is 9.19. The predicted octanol–water partition coefficient (Wildman–Crippen LogP) is 9.70. The van der Waals surface area contributed by atoms with Crippen molar-refractivity contribution in [3.05, 3.63) is 159 Å². The molecule has 3 aliphatic heterocycles. The highest BCUT2D eigenvalue weighted by Gasteiger charge is 2.35. The van der Waals surface area contributed by atoms with E-state index in [0.29, 0.717) is 33.2 Å². The molecule has 0 unspecified atom stereocenters. The fraction of sp³-hybridized carbons (Fsp3) is 0.190. The molecule has 5 aromatic rings. The molecule has 1 saturated heterocycles. The summed E-state index contributed by atoms with van der Waals surface area (Å²) in [4.78, 5) is 21.4. The fourth-order valence-corrected chi connectivity index (χ4v) is 8.35. The second kappa shape index (κ2) is 14.1. The molecular formula is C42H36ClN3O3S. The van der Waals surface area contributed by atoms with E-state index < -0.39 is 0 Å². The maximum atomic E-state index is 13.2. The normalized spacial score (nSPS) is 19.7. The Balaban J connectivity index is 1.10. The van der Waals surface area contributed by atoms with Gasteiger partial charge in [-0.05, 0) is 88.8 Å². The van der Waals surface area contributed by atoms with Crippen molar-refractivity contribution in [3.63, 3.8) is 0 Å². The molecule has 0 bridgehead atoms. The van der Waals surface area contributed by atoms with Crippen molar-refractivity contribution in [1.29, 1.82) is 0 Å². The van der Waals surface area contributed by atoms with Crippen LogP contribution in [0.1, 0.15) is 58.1 Å². The maximum absolute atomic E-state index is 13.2. The number of hydrogen-bond donors (Lipinski definition) is 1. The number of carbonyl (C=O) groups excluding carboxylic acids is 1. The van der Waals surface area contributed by atoms with Crippen LogP contribution in [-0.2, 0) is 11.4 Å². The van der Waals surface area contributed by atoms with Crippen molar-refractivity contribution in [2.24, 2.45) is 4.99 Å². The number of hydrogen-bond acceptors (Lipinski definition) is 6. The lowest BCUT2D eigenvalue weighted by Crippen LogP contribution is -2.37. The molecule has 1 N–H and O–H groups in total. The number of amides is 1. The SMILES string of the molecule is COc1cc(/C=C2\SC(=Nc3cc4c5c(c3)[C@H](c3ccccc3)CCN5CC[C@H]4c3ccccc3)NC2=O)ccc1OCc1ccccc1Cl. The number of benzene rings is 5. The summed E-state index contributed by atoms with van der Waals surface area (Å²) in [5.74, 6) is 1.55. The van der Waals surface area contributed by atoms with Gasteiger partial charge in [0.15, 0.2) is 16.7 Å². The largest absolute Gasteiger partial charge is 0.493 e. The van der Waals surface area contributed by atoms with Crippen LogP contribution in [0.5, 0.6) is 11.5 Å². The molecule has 1 fully saturated rings. The van der Waals surface area contributed by atoms with Crippen molar-refractivity contribution in [2.45, 2.75) is 31.3 Å². The number of rotatable bonds is 8. The van der Waals surface area contributed by atoms with E-state index in [-0.39, 0.29) is 17.7 Å². The van der Waals surface area contributed by atoms with Crippen LogP contribution < -0.4 is 19.7 Å². The fourth-order valence-electron chi connectivity index (χ4n) is 7.32. The van der Waals surface area contributed by atoms with Crippen molar-refractivity contribution in [3.8, 4) is 11.5 Å². The number of anilines is 1. The molecule has 2 atom stereocenters. The van der Waals surface area contributed by atoms with E-state index in [2.05, 4.69) is 83.0 Å². The van der Waals surface area contributed by atoms with Crippen LogP contribution in [0.2, 0.25) is 5.02 Å². The molecule has 6 nitrogen and oxygen atoms in total. The minimum absolute atomic E-state index is 0.179. The third-order valence-electron chi connectivity index (χ3n) is 9.71. The first-order chi connectivity index (χ1) is 24.5. The summed E-state index contributed by atoms with van der Waals surface area (Å²) in [5, 5.41) is 4.23. The van der Waals surface area contributed by atoms with Crippen LogP contribution in [0.3, 0.4) is 0 Å². The molecule has 1 amide bonds. The smallest absolute Gasteiger partial charge is 0.264 e. The Hall–Kier alpha value is -4.98. The Morgan fingerprint density at radius 3 is 2.12 bits per heavy atom. The summed E-state index contributed by atoms with van der Waals surface area (Å²) in [6.45, 7) is 2.39. The van der Waals surface area contributed by atoms with E-state index in [1.54, 1.807) is 7.11 Å². The lowest BCUT2D eigenvalue weighted by atomic mass is 9.76. The molecule has 0 radical (unpaired) electrons. The Morgan fingerprint density at radius 2 is 1.48 bits per heavy atom. The van der Waals surface area contributed by atoms with E-state index in [1.165, 1.54) is 39.7 Å². The van der Waals surface area contributed by atoms with Crippen LogP contribution >= 0.6 is 23.4 Å². The molecule has 0 aliphatic carbocycles. The highest BCUT2D eigenvalue weighted by molar-refractivity contribution is 8.18. The number of ether oxygens (including phenoxy) is 2. The maximum Gasteiger partial charge on any atom is 0.264 e. The monoisotopic (exact) mass is 697 g/mol. The zero-order valence-corrected chi connectivity index (χ0v) is 29.2. The average molecular weight is 698 g/mol. The Labute approximate surface area is 301 Å². The molecule has 50 heavy (non-hydrogen) atoms. The standard InChI is InChI=1S/C42H36ClN3O3S/c1-48-38-22-27(16-17-37(38)49-26-30-14-8-9-15-36(30)43)23-39-41(47)45-42(50-39)44-31-24-34-32(28-10-4-2-5-11-28)18-20-46-21-19-33(35(25-31)40(34)46)29-12-6-3-7-13-29/h2-17,22-25,32-33H,18-21,26H2,1H3,(H,44,45,47)/b39-23-/t32-,33-/m0/s1. The molecule has 3 aliphatic rings. The first-order valence-corrected chi connectivity index (χ1v) is 18.1. The van der Waals surface area contributed by atoms with Crippen molar-refractivity contribution < 1.29 is 14.3 Å². The van der Waals surface area contributed by atoms with Gasteiger partial charge in [-0.2, -0.15) is 0 Å². The Bertz CT molecular complexity index is 2050. The highest BCUT2D eigenvalue weighted by Crippen LogP contribution is 2.50. The first-order valence-electron chi connectivity index (χ1n) is 16.9. The van der Waals surface area contributed by atoms with Gasteiger partial charge in [0, 0.05) is 41.2 Å². The van der Waals surface area contributed by atoms with Gasteiger partial charge >= 0.3 is 0 Å². The average Bonchev–Trinajstić information content (AvgIpc) is 3.49. The quantitative estimate of drug-likeness (QED) is 0.164. The van der Waals surface area contributed by atoms with E-state index in [0.717, 1.165) is 42.7 Å². The van der Waals surface area contributed by atoms with Crippen molar-refractivity contribution in [1.82, 2.24) is 5.32 Å². The third kappa shape index (κ3) is 6.51. The lowest BCUT2D eigenvalue weighted by Gasteiger charge is -2.43. The van der Waals surface area contributed by atoms with Crippen molar-refractivity contribution in [2.75, 3.05) is 25.1 Å². The van der Waals surface area contributed by atoms with Gasteiger partial charge in [-0.25, -0.2) is 4.99 Å². The lowest BCUT2D eigenvalue weighted by molar-refractivity contribution is -0.115. The van der Waals surface area contributed by atoms with Crippen molar-refractivity contribution >= 4 is 51.9 Å². The molecule has 5 aromatic carbocycles. The minimum atomic E-state index is -0.179. The zero-order chi connectivity index (χ0) is 34.0. The number of thioether (sulfide) groups is 1. The number of nitrogens with zero attached hydrogens (tertiary/aromatic N) is 2. The minimum Gasteiger partial charge on any atom is -0.493 e. The van der Waals surface area contributed by atoms with E-state index in [9.17, 15) is 4.79 Å². The molecule has 0 aromatic heterocycles. The second-order valence-electron chi connectivity index (χ2n) is 12.7. The van der Waals surface area contributed by atoms with E-state index >= 15 is 0 Å². The van der Waals surface area contributed by atoms with Gasteiger partial charge in [-0.1, -0.05) is 96.5 Å². The van der Waals surface area contributed by atoms with Crippen LogP contribution in [0.4, 0.5) is 11.4 Å². The second-order valence-corrected chi connectivity index (χ2v) is 14.2. The van der Waals surface area contributed by atoms with Gasteiger partial charge in [0.25, 0.3) is 5.91 Å². The number of aliphatic imine (C=N–C) groups is 1. The van der Waals surface area contributed by atoms with E-state index in [1.807, 2.05) is 48.5 Å². The van der Waals surface area contributed by atoms with E-state index in [4.69, 9.17) is 26.1 Å². The molecule has 250 valence electrons. The van der Waals surface area contributed by atoms with Gasteiger partial charge in [0.1, 0.15) is 6.61 Å². The first kappa shape index (κ1) is 32.2.